The minimum atomic E-state index is -0.301. The van der Waals surface area contributed by atoms with E-state index in [4.69, 9.17) is 11.6 Å². The first-order valence-corrected chi connectivity index (χ1v) is 8.11. The molecule has 0 saturated heterocycles. The fraction of sp³-hybridized carbons (Fsp3) is 0.133. The van der Waals surface area contributed by atoms with Crippen molar-refractivity contribution in [1.29, 1.82) is 0 Å². The predicted octanol–water partition coefficient (Wildman–Crippen LogP) is 4.98. The van der Waals surface area contributed by atoms with Crippen molar-refractivity contribution in [2.45, 2.75) is 6.42 Å². The molecule has 1 N–H and O–H groups in total. The van der Waals surface area contributed by atoms with Gasteiger partial charge >= 0.3 is 0 Å². The van der Waals surface area contributed by atoms with Crippen LogP contribution in [0.15, 0.2) is 45.3 Å². The van der Waals surface area contributed by atoms with Crippen molar-refractivity contribution in [2.75, 3.05) is 6.54 Å². The number of benzene rings is 2. The van der Waals surface area contributed by atoms with Crippen molar-refractivity contribution in [3.8, 4) is 0 Å². The molecule has 0 saturated carbocycles. The largest absolute Gasteiger partial charge is 0.352 e. The molecule has 1 amide bonds. The first-order valence-electron chi connectivity index (χ1n) is 6.14. The fourth-order valence-electron chi connectivity index (χ4n) is 1.78. The molecule has 2 nitrogen and oxygen atoms in total. The lowest BCUT2D eigenvalue weighted by atomic mass is 10.1. The van der Waals surface area contributed by atoms with Gasteiger partial charge in [0.2, 0.25) is 0 Å². The summed E-state index contributed by atoms with van der Waals surface area (Å²) in [7, 11) is 0. The lowest BCUT2D eigenvalue weighted by Crippen LogP contribution is -2.26. The highest BCUT2D eigenvalue weighted by Gasteiger charge is 2.10. The van der Waals surface area contributed by atoms with Crippen LogP contribution < -0.4 is 5.32 Å². The van der Waals surface area contributed by atoms with E-state index in [1.165, 1.54) is 6.07 Å². The van der Waals surface area contributed by atoms with Gasteiger partial charge in [-0.2, -0.15) is 0 Å². The van der Waals surface area contributed by atoms with Crippen LogP contribution in [0.2, 0.25) is 5.02 Å². The number of carbonyl (C=O) groups is 1. The van der Waals surface area contributed by atoms with Gasteiger partial charge in [0.1, 0.15) is 5.82 Å². The number of halogens is 4. The zero-order chi connectivity index (χ0) is 15.4. The molecule has 0 aliphatic rings. The van der Waals surface area contributed by atoms with Crippen molar-refractivity contribution in [3.63, 3.8) is 0 Å². The maximum atomic E-state index is 13.1. The summed E-state index contributed by atoms with van der Waals surface area (Å²) in [6.07, 6.45) is 0.610. The van der Waals surface area contributed by atoms with Crippen LogP contribution in [0.25, 0.3) is 0 Å². The molecular formula is C15H11Br2ClFNO. The Balaban J connectivity index is 1.93. The number of nitrogens with one attached hydrogen (secondary N) is 1. The average molecular weight is 436 g/mol. The first-order chi connectivity index (χ1) is 9.97. The summed E-state index contributed by atoms with van der Waals surface area (Å²) in [6.45, 7) is 0.448. The molecule has 0 spiro atoms. The van der Waals surface area contributed by atoms with Gasteiger partial charge in [0.05, 0.1) is 15.1 Å². The summed E-state index contributed by atoms with van der Waals surface area (Å²) in [6, 6.07) is 9.89. The van der Waals surface area contributed by atoms with Crippen molar-refractivity contribution in [3.05, 3.63) is 67.3 Å². The van der Waals surface area contributed by atoms with Crippen LogP contribution in [-0.2, 0) is 6.42 Å². The van der Waals surface area contributed by atoms with Crippen LogP contribution in [0.5, 0.6) is 0 Å². The molecule has 6 heteroatoms. The smallest absolute Gasteiger partial charge is 0.252 e. The average Bonchev–Trinajstić information content (AvgIpc) is 2.42. The molecule has 110 valence electrons. The maximum Gasteiger partial charge on any atom is 0.252 e. The Bertz CT molecular complexity index is 679. The molecule has 2 rings (SSSR count). The zero-order valence-corrected chi connectivity index (χ0v) is 14.7. The van der Waals surface area contributed by atoms with E-state index in [1.54, 1.807) is 30.3 Å². The summed E-state index contributed by atoms with van der Waals surface area (Å²) in [5, 5.41) is 3.19. The minimum absolute atomic E-state index is 0.228. The molecule has 0 atom stereocenters. The van der Waals surface area contributed by atoms with E-state index >= 15 is 0 Å². The van der Waals surface area contributed by atoms with Gasteiger partial charge in [-0.15, -0.1) is 0 Å². The van der Waals surface area contributed by atoms with Crippen LogP contribution in [0.4, 0.5) is 4.39 Å². The molecule has 21 heavy (non-hydrogen) atoms. The Morgan fingerprint density at radius 1 is 1.19 bits per heavy atom. The molecule has 2 aromatic rings. The highest BCUT2D eigenvalue weighted by Crippen LogP contribution is 2.21. The molecule has 0 aromatic heterocycles. The van der Waals surface area contributed by atoms with Crippen molar-refractivity contribution in [1.82, 2.24) is 5.32 Å². The second kappa shape index (κ2) is 7.38. The van der Waals surface area contributed by atoms with Gasteiger partial charge in [-0.1, -0.05) is 33.6 Å². The second-order valence-corrected chi connectivity index (χ2v) is 6.56. The van der Waals surface area contributed by atoms with Gasteiger partial charge in [-0.25, -0.2) is 4.39 Å². The van der Waals surface area contributed by atoms with E-state index in [2.05, 4.69) is 37.2 Å². The summed E-state index contributed by atoms with van der Waals surface area (Å²) in [5.41, 5.74) is 1.37. The van der Waals surface area contributed by atoms with Gasteiger partial charge in [-0.05, 0) is 58.2 Å². The number of hydrogen-bond donors (Lipinski definition) is 1. The van der Waals surface area contributed by atoms with Crippen LogP contribution >= 0.6 is 43.5 Å². The molecular weight excluding hydrogens is 424 g/mol. The normalized spacial score (nSPS) is 10.5. The van der Waals surface area contributed by atoms with Gasteiger partial charge < -0.3 is 5.32 Å². The molecule has 0 bridgehead atoms. The SMILES string of the molecule is O=C(NCCc1ccc(F)c(Br)c1)c1ccc(Br)cc1Cl. The quantitative estimate of drug-likeness (QED) is 0.721. The molecule has 2 aromatic carbocycles. The monoisotopic (exact) mass is 433 g/mol. The Kier molecular flexibility index (Phi) is 5.79. The van der Waals surface area contributed by atoms with Gasteiger partial charge in [0.15, 0.2) is 0 Å². The summed E-state index contributed by atoms with van der Waals surface area (Å²) >= 11 is 12.4. The van der Waals surface area contributed by atoms with Gasteiger partial charge in [0, 0.05) is 11.0 Å². The van der Waals surface area contributed by atoms with E-state index < -0.39 is 0 Å². The number of amides is 1. The Morgan fingerprint density at radius 3 is 2.62 bits per heavy atom. The van der Waals surface area contributed by atoms with E-state index in [-0.39, 0.29) is 11.7 Å². The summed E-state index contributed by atoms with van der Waals surface area (Å²) in [5.74, 6) is -0.530. The summed E-state index contributed by atoms with van der Waals surface area (Å²) in [4.78, 5) is 12.0. The molecule has 0 aliphatic carbocycles. The third kappa shape index (κ3) is 4.53. The van der Waals surface area contributed by atoms with Crippen LogP contribution in [0.1, 0.15) is 15.9 Å². The minimum Gasteiger partial charge on any atom is -0.352 e. The summed E-state index contributed by atoms with van der Waals surface area (Å²) < 4.78 is 14.4. The number of hydrogen-bond acceptors (Lipinski definition) is 1. The van der Waals surface area contributed by atoms with E-state index in [0.29, 0.717) is 28.0 Å². The number of rotatable bonds is 4. The maximum absolute atomic E-state index is 13.1. The van der Waals surface area contributed by atoms with Crippen molar-refractivity contribution >= 4 is 49.4 Å². The molecule has 0 heterocycles. The zero-order valence-electron chi connectivity index (χ0n) is 10.8. The molecule has 0 radical (unpaired) electrons. The Hall–Kier alpha value is -0.910. The van der Waals surface area contributed by atoms with Crippen molar-refractivity contribution in [2.24, 2.45) is 0 Å². The Labute approximate surface area is 143 Å². The van der Waals surface area contributed by atoms with Crippen LogP contribution in [0, 0.1) is 5.82 Å². The van der Waals surface area contributed by atoms with Gasteiger partial charge in [-0.3, -0.25) is 4.79 Å². The molecule has 0 aliphatic heterocycles. The lowest BCUT2D eigenvalue weighted by Gasteiger charge is -2.07. The van der Waals surface area contributed by atoms with E-state index in [9.17, 15) is 9.18 Å². The first kappa shape index (κ1) is 16.5. The predicted molar refractivity (Wildman–Crippen MR) is 89.3 cm³/mol. The van der Waals surface area contributed by atoms with Crippen LogP contribution in [-0.4, -0.2) is 12.5 Å². The highest BCUT2D eigenvalue weighted by atomic mass is 79.9. The lowest BCUT2D eigenvalue weighted by molar-refractivity contribution is 0.0954. The van der Waals surface area contributed by atoms with E-state index in [0.717, 1.165) is 10.0 Å². The van der Waals surface area contributed by atoms with Gasteiger partial charge in [0.25, 0.3) is 5.91 Å². The molecule has 0 unspecified atom stereocenters. The fourth-order valence-corrected chi connectivity index (χ4v) is 2.97. The van der Waals surface area contributed by atoms with Crippen molar-refractivity contribution < 1.29 is 9.18 Å². The second-order valence-electron chi connectivity index (χ2n) is 4.38. The van der Waals surface area contributed by atoms with Crippen LogP contribution in [0.3, 0.4) is 0 Å². The number of carbonyl (C=O) groups excluding carboxylic acids is 1. The van der Waals surface area contributed by atoms with E-state index in [1.807, 2.05) is 0 Å². The molecule has 0 fully saturated rings. The topological polar surface area (TPSA) is 29.1 Å². The third-order valence-corrected chi connectivity index (χ3v) is 4.27. The standard InChI is InChI=1S/C15H11Br2ClFNO/c16-10-2-3-11(13(18)8-10)15(21)20-6-5-9-1-4-14(19)12(17)7-9/h1-4,7-8H,5-6H2,(H,20,21). The third-order valence-electron chi connectivity index (χ3n) is 2.86. The highest BCUT2D eigenvalue weighted by molar-refractivity contribution is 9.10. The Morgan fingerprint density at radius 2 is 1.95 bits per heavy atom.